The number of aromatic nitrogens is 1. The summed E-state index contributed by atoms with van der Waals surface area (Å²) in [4.78, 5) is 43.4. The van der Waals surface area contributed by atoms with Crippen LogP contribution < -0.4 is 25.2 Å². The van der Waals surface area contributed by atoms with Crippen LogP contribution in [-0.4, -0.2) is 73.5 Å². The molecule has 3 N–H and O–H groups in total. The Balaban J connectivity index is 1.30. The molecule has 3 heterocycles. The Bertz CT molecular complexity index is 2270. The zero-order valence-corrected chi connectivity index (χ0v) is 31.4. The summed E-state index contributed by atoms with van der Waals surface area (Å²) in [6.45, 7) is 9.08. The number of aliphatic hydroxyl groups is 1. The van der Waals surface area contributed by atoms with Crippen molar-refractivity contribution in [2.24, 2.45) is 0 Å². The largest absolute Gasteiger partial charge is 0.496 e. The number of amides is 1. The van der Waals surface area contributed by atoms with E-state index in [9.17, 15) is 19.5 Å². The number of H-pyrrole nitrogens is 1. The second kappa shape index (κ2) is 15.4. The molecule has 5 aromatic rings. The molecule has 1 aliphatic rings. The van der Waals surface area contributed by atoms with Gasteiger partial charge in [-0.3, -0.25) is 4.79 Å². The lowest BCUT2D eigenvalue weighted by atomic mass is 9.89. The molecule has 1 amide bonds. The van der Waals surface area contributed by atoms with Gasteiger partial charge in [0.1, 0.15) is 35.0 Å². The third-order valence-electron chi connectivity index (χ3n) is 9.45. The van der Waals surface area contributed by atoms with E-state index in [1.54, 1.807) is 64.3 Å². The number of hydrogen-bond acceptors (Lipinski definition) is 11. The third kappa shape index (κ3) is 7.43. The fraction of sp³-hybridized carbons (Fsp3) is 0.341. The van der Waals surface area contributed by atoms with Crippen LogP contribution in [0, 0.1) is 6.92 Å². The molecule has 6 rings (SSSR count). The van der Waals surface area contributed by atoms with Crippen molar-refractivity contribution in [3.05, 3.63) is 105 Å². The third-order valence-corrected chi connectivity index (χ3v) is 9.45. The number of benzene rings is 3. The number of methoxy groups -OCH3 is 3. The minimum absolute atomic E-state index is 0.0843. The van der Waals surface area contributed by atoms with Crippen molar-refractivity contribution in [3.63, 3.8) is 0 Å². The topological polar surface area (TPSA) is 168 Å². The van der Waals surface area contributed by atoms with Gasteiger partial charge in [0.15, 0.2) is 17.5 Å². The van der Waals surface area contributed by atoms with Crippen molar-refractivity contribution in [3.8, 4) is 17.2 Å². The Kier molecular flexibility index (Phi) is 10.9. The van der Waals surface area contributed by atoms with Gasteiger partial charge in [-0.05, 0) is 89.1 Å². The minimum Gasteiger partial charge on any atom is -0.496 e. The van der Waals surface area contributed by atoms with E-state index in [-0.39, 0.29) is 28.5 Å². The number of aromatic amines is 1. The summed E-state index contributed by atoms with van der Waals surface area (Å²) in [5, 5.41) is 15.3. The molecule has 4 atom stereocenters. The van der Waals surface area contributed by atoms with E-state index >= 15 is 0 Å². The Hall–Kier alpha value is -5.63. The summed E-state index contributed by atoms with van der Waals surface area (Å²) in [7, 11) is 4.37. The van der Waals surface area contributed by atoms with Crippen molar-refractivity contribution in [2.75, 3.05) is 26.6 Å². The van der Waals surface area contributed by atoms with Gasteiger partial charge in [-0.2, -0.15) is 0 Å². The van der Waals surface area contributed by atoms with Gasteiger partial charge in [0.25, 0.3) is 5.91 Å². The molecule has 3 aromatic carbocycles. The second-order valence-electron chi connectivity index (χ2n) is 13.8. The maximum Gasteiger partial charge on any atom is 0.364 e. The number of aliphatic hydroxyl groups excluding tert-OH is 1. The van der Waals surface area contributed by atoms with Gasteiger partial charge >= 0.3 is 11.6 Å². The Morgan fingerprint density at radius 2 is 1.74 bits per heavy atom. The van der Waals surface area contributed by atoms with Gasteiger partial charge in [0.2, 0.25) is 6.29 Å². The fourth-order valence-electron chi connectivity index (χ4n) is 6.69. The number of para-hydroxylation sites is 1. The molecule has 0 unspecified atom stereocenters. The predicted molar refractivity (Wildman–Crippen MR) is 202 cm³/mol. The highest BCUT2D eigenvalue weighted by atomic mass is 16.7. The van der Waals surface area contributed by atoms with E-state index in [1.807, 2.05) is 44.2 Å². The molecule has 13 heteroatoms. The first-order valence-electron chi connectivity index (χ1n) is 17.4. The van der Waals surface area contributed by atoms with Gasteiger partial charge in [-0.25, -0.2) is 9.59 Å². The van der Waals surface area contributed by atoms with E-state index in [4.69, 9.17) is 32.8 Å². The first kappa shape index (κ1) is 38.1. The van der Waals surface area contributed by atoms with Crippen LogP contribution >= 0.6 is 0 Å². The molecule has 2 aromatic heterocycles. The van der Waals surface area contributed by atoms with Crippen molar-refractivity contribution in [1.82, 2.24) is 4.98 Å². The van der Waals surface area contributed by atoms with Crippen LogP contribution in [0.15, 0.2) is 81.5 Å². The number of fused-ring (bicyclic) bond motifs is 2. The molecule has 0 aliphatic carbocycles. The highest BCUT2D eigenvalue weighted by Gasteiger charge is 2.53. The highest BCUT2D eigenvalue weighted by molar-refractivity contribution is 6.07. The molecule has 0 saturated carbocycles. The molecule has 284 valence electrons. The molecular weight excluding hydrogens is 696 g/mol. The molecule has 54 heavy (non-hydrogen) atoms. The SMILES string of the molecule is COc1ccc(C(=O)Nc2c(OC)c3ccc(O[C@@H]4OC(C)(C)[C@H](OC)[C@@H](O)[C@H]4OC(=O)c4cc5ccccc5[nH]4)c(C)c3oc2=O)cc1CC=C(C)C. The summed E-state index contributed by atoms with van der Waals surface area (Å²) < 4.78 is 40.9. The van der Waals surface area contributed by atoms with Crippen LogP contribution in [0.4, 0.5) is 5.69 Å². The van der Waals surface area contributed by atoms with Crippen LogP contribution in [0.25, 0.3) is 21.9 Å². The molecule has 1 aliphatic heterocycles. The average Bonchev–Trinajstić information content (AvgIpc) is 3.58. The number of anilines is 1. The Morgan fingerprint density at radius 1 is 1.00 bits per heavy atom. The van der Waals surface area contributed by atoms with E-state index in [1.165, 1.54) is 14.2 Å². The number of carbonyl (C=O) groups is 2. The maximum absolute atomic E-state index is 13.5. The van der Waals surface area contributed by atoms with Crippen LogP contribution in [-0.2, 0) is 20.6 Å². The zero-order valence-electron chi connectivity index (χ0n) is 31.4. The number of nitrogens with one attached hydrogen (secondary N) is 2. The molecule has 0 radical (unpaired) electrons. The number of aryl methyl sites for hydroxylation is 1. The summed E-state index contributed by atoms with van der Waals surface area (Å²) in [6, 6.07) is 17.3. The summed E-state index contributed by atoms with van der Waals surface area (Å²) in [5.74, 6) is -0.352. The van der Waals surface area contributed by atoms with Gasteiger partial charge in [0.05, 0.1) is 25.2 Å². The number of allylic oxidation sites excluding steroid dienone is 2. The lowest BCUT2D eigenvalue weighted by molar-refractivity contribution is -0.305. The van der Waals surface area contributed by atoms with Crippen molar-refractivity contribution in [2.45, 2.75) is 71.2 Å². The summed E-state index contributed by atoms with van der Waals surface area (Å²) >= 11 is 0. The van der Waals surface area contributed by atoms with Gasteiger partial charge in [0, 0.05) is 29.1 Å². The van der Waals surface area contributed by atoms with Crippen molar-refractivity contribution < 1.29 is 47.5 Å². The highest BCUT2D eigenvalue weighted by Crippen LogP contribution is 2.39. The molecule has 0 bridgehead atoms. The minimum atomic E-state index is -1.35. The average molecular weight is 741 g/mol. The van der Waals surface area contributed by atoms with E-state index in [0.717, 1.165) is 22.0 Å². The van der Waals surface area contributed by atoms with E-state index in [2.05, 4.69) is 10.3 Å². The standard InChI is InChI=1S/C41H44N2O11/c1-21(2)13-14-24-19-25(15-17-30(24)48-6)37(45)43-31-34(49-7)26-16-18-29(22(3)33(26)52-39(31)47)51-40-35(32(44)36(50-8)41(4,5)54-40)53-38(46)28-20-23-11-9-10-12-27(23)42-28/h9-13,15-20,32,35-36,40,42,44H,14H2,1-8H3,(H,43,45)/t32-,35+,36+,40+/m0/s1. The van der Waals surface area contributed by atoms with Gasteiger partial charge < -0.3 is 48.2 Å². The van der Waals surface area contributed by atoms with Crippen LogP contribution in [0.1, 0.15) is 59.7 Å². The first-order valence-corrected chi connectivity index (χ1v) is 17.4. The quantitative estimate of drug-likeness (QED) is 0.0771. The fourth-order valence-corrected chi connectivity index (χ4v) is 6.69. The van der Waals surface area contributed by atoms with Crippen LogP contribution in [0.2, 0.25) is 0 Å². The number of carbonyl (C=O) groups excluding carboxylic acids is 2. The first-order chi connectivity index (χ1) is 25.8. The van der Waals surface area contributed by atoms with Gasteiger partial charge in [-0.1, -0.05) is 29.8 Å². The number of rotatable bonds is 11. The number of hydrogen-bond donors (Lipinski definition) is 3. The molecule has 0 spiro atoms. The van der Waals surface area contributed by atoms with E-state index < -0.39 is 47.7 Å². The van der Waals surface area contributed by atoms with Crippen molar-refractivity contribution >= 4 is 39.4 Å². The molecule has 1 saturated heterocycles. The second-order valence-corrected chi connectivity index (χ2v) is 13.8. The smallest absolute Gasteiger partial charge is 0.364 e. The maximum atomic E-state index is 13.5. The van der Waals surface area contributed by atoms with E-state index in [0.29, 0.717) is 28.7 Å². The lowest BCUT2D eigenvalue weighted by Gasteiger charge is -2.47. The molecular formula is C41H44N2O11. The number of ether oxygens (including phenoxy) is 6. The Labute approximate surface area is 311 Å². The van der Waals surface area contributed by atoms with Crippen LogP contribution in [0.3, 0.4) is 0 Å². The monoisotopic (exact) mass is 740 g/mol. The Morgan fingerprint density at radius 3 is 2.43 bits per heavy atom. The predicted octanol–water partition coefficient (Wildman–Crippen LogP) is 6.48. The summed E-state index contributed by atoms with van der Waals surface area (Å²) in [6.07, 6.45) is -2.30. The van der Waals surface area contributed by atoms with Gasteiger partial charge in [-0.15, -0.1) is 0 Å². The zero-order chi connectivity index (χ0) is 38.9. The summed E-state index contributed by atoms with van der Waals surface area (Å²) in [5.41, 5.74) is 1.53. The normalized spacial score (nSPS) is 19.3. The molecule has 13 nitrogen and oxygen atoms in total. The number of esters is 1. The van der Waals surface area contributed by atoms with Crippen LogP contribution in [0.5, 0.6) is 17.2 Å². The van der Waals surface area contributed by atoms with Crippen molar-refractivity contribution in [1.29, 1.82) is 0 Å². The molecule has 1 fully saturated rings. The lowest BCUT2D eigenvalue weighted by Crippen LogP contribution is -2.64.